The highest BCUT2D eigenvalue weighted by atomic mass is 16.5. The molecular formula is C16H22BNO3. The van der Waals surface area contributed by atoms with E-state index in [9.17, 15) is 0 Å². The van der Waals surface area contributed by atoms with Gasteiger partial charge in [0.2, 0.25) is 0 Å². The predicted octanol–water partition coefficient (Wildman–Crippen LogP) is 0.779. The molecule has 0 saturated heterocycles. The van der Waals surface area contributed by atoms with Crippen molar-refractivity contribution in [3.63, 3.8) is 0 Å². The molecule has 0 bridgehead atoms. The molecule has 0 spiro atoms. The summed E-state index contributed by atoms with van der Waals surface area (Å²) < 4.78 is 0.980. The van der Waals surface area contributed by atoms with E-state index in [-0.39, 0.29) is 0 Å². The Hall–Kier alpha value is -1.66. The lowest BCUT2D eigenvalue weighted by atomic mass is 10.1. The van der Waals surface area contributed by atoms with Crippen LogP contribution in [0, 0.1) is 0 Å². The summed E-state index contributed by atoms with van der Waals surface area (Å²) in [6.45, 7) is 2.13. The number of quaternary nitrogens is 1. The van der Waals surface area contributed by atoms with Gasteiger partial charge in [0.25, 0.3) is 0 Å². The van der Waals surface area contributed by atoms with Crippen LogP contribution in [0.2, 0.25) is 0 Å². The fraction of sp³-hybridized carbons (Fsp3) is 0.250. The zero-order valence-electron chi connectivity index (χ0n) is 12.5. The molecule has 5 heteroatoms. The van der Waals surface area contributed by atoms with E-state index in [0.29, 0.717) is 0 Å². The standard InChI is InChI=1S/C16H20N.BH2O3/c1-17(2,13-15-9-5-3-6-10-15)14-16-11-7-4-8-12-16;2-1(3)4/h3-12H,13-14H2,1-2H3;2-3H/q+1;-1. The third kappa shape index (κ3) is 8.27. The highest BCUT2D eigenvalue weighted by Crippen LogP contribution is 2.14. The van der Waals surface area contributed by atoms with Gasteiger partial charge in [0.15, 0.2) is 0 Å². The molecule has 0 saturated carbocycles. The second kappa shape index (κ2) is 8.59. The Bertz CT molecular complexity index is 457. The first-order valence-corrected chi connectivity index (χ1v) is 6.81. The molecule has 0 aliphatic carbocycles. The Labute approximate surface area is 126 Å². The monoisotopic (exact) mass is 287 g/mol. The van der Waals surface area contributed by atoms with Crippen molar-refractivity contribution in [3.8, 4) is 0 Å². The highest BCUT2D eigenvalue weighted by molar-refractivity contribution is 6.28. The number of hydrogen-bond acceptors (Lipinski definition) is 3. The molecule has 2 aromatic rings. The zero-order valence-corrected chi connectivity index (χ0v) is 12.5. The smallest absolute Gasteiger partial charge is 0.339 e. The van der Waals surface area contributed by atoms with Crippen molar-refractivity contribution in [1.82, 2.24) is 0 Å². The van der Waals surface area contributed by atoms with Gasteiger partial charge in [-0.2, -0.15) is 0 Å². The van der Waals surface area contributed by atoms with Crippen LogP contribution in [0.3, 0.4) is 0 Å². The maximum atomic E-state index is 8.64. The predicted molar refractivity (Wildman–Crippen MR) is 82.6 cm³/mol. The molecule has 0 amide bonds. The molecule has 2 N–H and O–H groups in total. The van der Waals surface area contributed by atoms with E-state index in [1.54, 1.807) is 0 Å². The maximum absolute atomic E-state index is 8.64. The largest absolute Gasteiger partial charge is 0.832 e. The average Bonchev–Trinajstić information content (AvgIpc) is 2.39. The molecule has 0 unspecified atom stereocenters. The van der Waals surface area contributed by atoms with Gasteiger partial charge in [0.1, 0.15) is 13.1 Å². The minimum atomic E-state index is -2.42. The van der Waals surface area contributed by atoms with Crippen LogP contribution >= 0.6 is 0 Å². The second-order valence-corrected chi connectivity index (χ2v) is 5.55. The number of hydrogen-bond donors (Lipinski definition) is 2. The lowest BCUT2D eigenvalue weighted by Gasteiger charge is -2.30. The van der Waals surface area contributed by atoms with E-state index in [1.807, 2.05) is 0 Å². The Morgan fingerprint density at radius 3 is 1.38 bits per heavy atom. The number of benzene rings is 2. The summed E-state index contributed by atoms with van der Waals surface area (Å²) in [6.07, 6.45) is 0. The highest BCUT2D eigenvalue weighted by Gasteiger charge is 2.16. The van der Waals surface area contributed by atoms with Gasteiger partial charge < -0.3 is 19.6 Å². The van der Waals surface area contributed by atoms with E-state index in [1.165, 1.54) is 11.1 Å². The van der Waals surface area contributed by atoms with E-state index >= 15 is 0 Å². The zero-order chi connectivity index (χ0) is 15.7. The first-order chi connectivity index (χ1) is 9.89. The molecule has 0 aliphatic heterocycles. The Balaban J connectivity index is 0.000000491. The van der Waals surface area contributed by atoms with Crippen LogP contribution in [0.1, 0.15) is 11.1 Å². The number of nitrogens with zero attached hydrogens (tertiary/aromatic N) is 1. The minimum absolute atomic E-state index is 0.980. The van der Waals surface area contributed by atoms with Gasteiger partial charge in [-0.25, -0.2) is 0 Å². The molecular weight excluding hydrogens is 265 g/mol. The van der Waals surface area contributed by atoms with Crippen LogP contribution < -0.4 is 5.02 Å². The van der Waals surface area contributed by atoms with Gasteiger partial charge in [-0.05, 0) is 0 Å². The van der Waals surface area contributed by atoms with Crippen LogP contribution in [0.4, 0.5) is 0 Å². The van der Waals surface area contributed by atoms with Gasteiger partial charge in [-0.3, -0.25) is 0 Å². The molecule has 2 aromatic carbocycles. The normalized spacial score (nSPS) is 10.5. The topological polar surface area (TPSA) is 63.5 Å². The van der Waals surface area contributed by atoms with E-state index in [2.05, 4.69) is 74.8 Å². The van der Waals surface area contributed by atoms with Crippen LogP contribution in [0.25, 0.3) is 0 Å². The quantitative estimate of drug-likeness (QED) is 0.645. The van der Waals surface area contributed by atoms with Crippen LogP contribution in [-0.2, 0) is 13.1 Å². The van der Waals surface area contributed by atoms with Gasteiger partial charge in [-0.15, -0.1) is 0 Å². The summed E-state index contributed by atoms with van der Waals surface area (Å²) in [5.74, 6) is 0. The summed E-state index contributed by atoms with van der Waals surface area (Å²) in [4.78, 5) is 0. The molecule has 2 rings (SSSR count). The molecule has 0 radical (unpaired) electrons. The van der Waals surface area contributed by atoms with E-state index in [0.717, 1.165) is 17.6 Å². The molecule has 0 heterocycles. The van der Waals surface area contributed by atoms with Crippen molar-refractivity contribution in [2.45, 2.75) is 13.1 Å². The van der Waals surface area contributed by atoms with Crippen molar-refractivity contribution >= 4 is 7.32 Å². The maximum Gasteiger partial charge on any atom is 0.339 e. The lowest BCUT2D eigenvalue weighted by Crippen LogP contribution is -2.37. The molecule has 4 nitrogen and oxygen atoms in total. The lowest BCUT2D eigenvalue weighted by molar-refractivity contribution is -0.916. The second-order valence-electron chi connectivity index (χ2n) is 5.55. The Kier molecular flexibility index (Phi) is 7.12. The van der Waals surface area contributed by atoms with Crippen molar-refractivity contribution in [2.24, 2.45) is 0 Å². The molecule has 0 aliphatic rings. The van der Waals surface area contributed by atoms with Gasteiger partial charge in [0, 0.05) is 11.1 Å². The molecule has 112 valence electrons. The van der Waals surface area contributed by atoms with Crippen molar-refractivity contribution in [3.05, 3.63) is 71.8 Å². The van der Waals surface area contributed by atoms with Gasteiger partial charge in [-0.1, -0.05) is 60.7 Å². The summed E-state index contributed by atoms with van der Waals surface area (Å²) in [7, 11) is 2.14. The van der Waals surface area contributed by atoms with Crippen molar-refractivity contribution < 1.29 is 19.6 Å². The summed E-state index contributed by atoms with van der Waals surface area (Å²) >= 11 is 0. The molecule has 0 atom stereocenters. The van der Waals surface area contributed by atoms with Crippen molar-refractivity contribution in [2.75, 3.05) is 14.1 Å². The summed E-state index contributed by atoms with van der Waals surface area (Å²) in [5, 5.41) is 22.8. The van der Waals surface area contributed by atoms with Crippen LogP contribution in [-0.4, -0.2) is 35.9 Å². The Morgan fingerprint density at radius 2 is 1.10 bits per heavy atom. The van der Waals surface area contributed by atoms with Gasteiger partial charge >= 0.3 is 7.32 Å². The van der Waals surface area contributed by atoms with E-state index in [4.69, 9.17) is 15.1 Å². The van der Waals surface area contributed by atoms with Gasteiger partial charge in [0.05, 0.1) is 14.1 Å². The summed E-state index contributed by atoms with van der Waals surface area (Å²) in [6, 6.07) is 21.4. The molecule has 0 aromatic heterocycles. The summed E-state index contributed by atoms with van der Waals surface area (Å²) in [5.41, 5.74) is 2.79. The van der Waals surface area contributed by atoms with Crippen molar-refractivity contribution in [1.29, 1.82) is 0 Å². The minimum Gasteiger partial charge on any atom is -0.832 e. The number of rotatable bonds is 4. The molecule has 21 heavy (non-hydrogen) atoms. The fourth-order valence-electron chi connectivity index (χ4n) is 2.21. The first-order valence-electron chi connectivity index (χ1n) is 6.81. The molecule has 0 fully saturated rings. The third-order valence-electron chi connectivity index (χ3n) is 2.91. The average molecular weight is 287 g/mol. The SMILES string of the molecule is C[N+](C)(Cc1ccccc1)Cc1ccccc1.[O-]B(O)O. The first kappa shape index (κ1) is 17.4. The third-order valence-corrected chi connectivity index (χ3v) is 2.91. The van der Waals surface area contributed by atoms with Crippen LogP contribution in [0.15, 0.2) is 60.7 Å². The fourth-order valence-corrected chi connectivity index (χ4v) is 2.21. The van der Waals surface area contributed by atoms with E-state index < -0.39 is 7.32 Å². The Morgan fingerprint density at radius 1 is 0.810 bits per heavy atom. The van der Waals surface area contributed by atoms with Crippen LogP contribution in [0.5, 0.6) is 0 Å².